The van der Waals surface area contributed by atoms with Gasteiger partial charge in [0.15, 0.2) is 0 Å². The monoisotopic (exact) mass is 320 g/mol. The molecule has 24 heavy (non-hydrogen) atoms. The molecule has 1 N–H and O–H groups in total. The lowest BCUT2D eigenvalue weighted by Crippen LogP contribution is -2.54. The molecule has 0 aliphatic carbocycles. The molecular weight excluding hydrogens is 304 g/mol. The van der Waals surface area contributed by atoms with Crippen LogP contribution in [0.1, 0.15) is 16.7 Å². The Labute approximate surface area is 139 Å². The predicted octanol–water partition coefficient (Wildman–Crippen LogP) is 2.97. The third kappa shape index (κ3) is 2.96. The number of rotatable bonds is 2. The van der Waals surface area contributed by atoms with Crippen molar-refractivity contribution in [3.8, 4) is 0 Å². The van der Waals surface area contributed by atoms with Crippen LogP contribution in [0.2, 0.25) is 0 Å². The van der Waals surface area contributed by atoms with E-state index in [1.807, 2.05) is 44.2 Å². The van der Waals surface area contributed by atoms with Gasteiger partial charge in [-0.25, -0.2) is 9.69 Å². The molecule has 3 rings (SSSR count). The number of imide groups is 2. The van der Waals surface area contributed by atoms with Gasteiger partial charge in [0.1, 0.15) is 5.57 Å². The van der Waals surface area contributed by atoms with Crippen LogP contribution in [0.4, 0.5) is 10.5 Å². The summed E-state index contributed by atoms with van der Waals surface area (Å²) in [6, 6.07) is 13.7. The number of urea groups is 1. The molecule has 1 saturated heterocycles. The first-order valence-corrected chi connectivity index (χ1v) is 7.50. The first kappa shape index (κ1) is 15.7. The van der Waals surface area contributed by atoms with Gasteiger partial charge in [-0.2, -0.15) is 0 Å². The minimum atomic E-state index is -0.739. The summed E-state index contributed by atoms with van der Waals surface area (Å²) in [7, 11) is 0. The number of carbonyl (C=O) groups excluding carboxylic acids is 3. The van der Waals surface area contributed by atoms with E-state index in [9.17, 15) is 14.4 Å². The van der Waals surface area contributed by atoms with Crippen LogP contribution in [-0.2, 0) is 9.59 Å². The normalized spacial score (nSPS) is 16.5. The Bertz CT molecular complexity index is 866. The number of nitrogens with zero attached hydrogens (tertiary/aromatic N) is 1. The van der Waals surface area contributed by atoms with Gasteiger partial charge < -0.3 is 0 Å². The molecule has 0 saturated carbocycles. The molecule has 0 radical (unpaired) electrons. The quantitative estimate of drug-likeness (QED) is 0.683. The maximum absolute atomic E-state index is 12.7. The van der Waals surface area contributed by atoms with Gasteiger partial charge in [0.05, 0.1) is 5.69 Å². The van der Waals surface area contributed by atoms with Crippen LogP contribution in [0, 0.1) is 13.8 Å². The van der Waals surface area contributed by atoms with Crippen molar-refractivity contribution in [1.29, 1.82) is 0 Å². The lowest BCUT2D eigenvalue weighted by Gasteiger charge is -2.26. The summed E-state index contributed by atoms with van der Waals surface area (Å²) in [5.41, 5.74) is 3.07. The van der Waals surface area contributed by atoms with Crippen molar-refractivity contribution in [2.24, 2.45) is 0 Å². The van der Waals surface area contributed by atoms with Crippen molar-refractivity contribution in [3.05, 3.63) is 70.8 Å². The highest BCUT2D eigenvalue weighted by Gasteiger charge is 2.36. The fourth-order valence-electron chi connectivity index (χ4n) is 2.49. The smallest absolute Gasteiger partial charge is 0.273 e. The van der Waals surface area contributed by atoms with Crippen LogP contribution in [0.25, 0.3) is 6.08 Å². The molecule has 4 amide bonds. The van der Waals surface area contributed by atoms with E-state index in [1.54, 1.807) is 18.2 Å². The Hall–Kier alpha value is -3.21. The number of hydrogen-bond acceptors (Lipinski definition) is 3. The molecule has 5 nitrogen and oxygen atoms in total. The molecule has 1 heterocycles. The van der Waals surface area contributed by atoms with Crippen LogP contribution in [0.3, 0.4) is 0 Å². The zero-order valence-electron chi connectivity index (χ0n) is 13.4. The highest BCUT2D eigenvalue weighted by atomic mass is 16.2. The largest absolute Gasteiger partial charge is 0.335 e. The number of hydrogen-bond donors (Lipinski definition) is 1. The van der Waals surface area contributed by atoms with Gasteiger partial charge in [-0.15, -0.1) is 0 Å². The summed E-state index contributed by atoms with van der Waals surface area (Å²) in [5, 5.41) is 2.22. The van der Waals surface area contributed by atoms with E-state index < -0.39 is 17.8 Å². The zero-order valence-corrected chi connectivity index (χ0v) is 13.4. The zero-order chi connectivity index (χ0) is 17.3. The standard InChI is InChI=1S/C19H16N2O3/c1-12-6-8-14(9-7-12)11-16-17(22)20-19(24)21(18(16)23)15-5-3-4-13(2)10-15/h3-11H,1-2H3,(H,20,22,24)/b16-11+. The van der Waals surface area contributed by atoms with Gasteiger partial charge in [-0.1, -0.05) is 42.0 Å². The third-order valence-corrected chi connectivity index (χ3v) is 3.75. The third-order valence-electron chi connectivity index (χ3n) is 3.75. The van der Waals surface area contributed by atoms with E-state index in [2.05, 4.69) is 5.32 Å². The lowest BCUT2D eigenvalue weighted by atomic mass is 10.1. The second-order valence-corrected chi connectivity index (χ2v) is 5.71. The number of carbonyl (C=O) groups is 3. The summed E-state index contributed by atoms with van der Waals surface area (Å²) in [5.74, 6) is -1.32. The molecule has 1 aliphatic heterocycles. The van der Waals surface area contributed by atoms with Crippen molar-refractivity contribution in [1.82, 2.24) is 5.32 Å². The summed E-state index contributed by atoms with van der Waals surface area (Å²) >= 11 is 0. The number of nitrogens with one attached hydrogen (secondary N) is 1. The van der Waals surface area contributed by atoms with Crippen molar-refractivity contribution in [3.63, 3.8) is 0 Å². The molecule has 0 aromatic heterocycles. The van der Waals surface area contributed by atoms with Gasteiger partial charge in [-0.05, 0) is 43.2 Å². The van der Waals surface area contributed by atoms with Crippen LogP contribution in [0.15, 0.2) is 54.1 Å². The SMILES string of the molecule is Cc1ccc(/C=C2\C(=O)NC(=O)N(c3cccc(C)c3)C2=O)cc1. The van der Waals surface area contributed by atoms with Crippen molar-refractivity contribution >= 4 is 29.6 Å². The number of benzene rings is 2. The molecule has 0 atom stereocenters. The molecule has 2 aromatic rings. The van der Waals surface area contributed by atoms with E-state index in [4.69, 9.17) is 0 Å². The number of amides is 4. The van der Waals surface area contributed by atoms with E-state index >= 15 is 0 Å². The van der Waals surface area contributed by atoms with Crippen molar-refractivity contribution in [2.45, 2.75) is 13.8 Å². The van der Waals surface area contributed by atoms with Gasteiger partial charge in [-0.3, -0.25) is 14.9 Å². The summed E-state index contributed by atoms with van der Waals surface area (Å²) in [4.78, 5) is 37.9. The van der Waals surface area contributed by atoms with Gasteiger partial charge >= 0.3 is 6.03 Å². The highest BCUT2D eigenvalue weighted by Crippen LogP contribution is 2.22. The molecule has 120 valence electrons. The van der Waals surface area contributed by atoms with E-state index in [-0.39, 0.29) is 5.57 Å². The molecule has 0 spiro atoms. The highest BCUT2D eigenvalue weighted by molar-refractivity contribution is 6.39. The Kier molecular flexibility index (Phi) is 4.00. The molecule has 0 bridgehead atoms. The van der Waals surface area contributed by atoms with Crippen molar-refractivity contribution in [2.75, 3.05) is 4.90 Å². The van der Waals surface area contributed by atoms with Gasteiger partial charge in [0.25, 0.3) is 11.8 Å². The van der Waals surface area contributed by atoms with Crippen LogP contribution in [-0.4, -0.2) is 17.8 Å². The predicted molar refractivity (Wildman–Crippen MR) is 91.4 cm³/mol. The van der Waals surface area contributed by atoms with Crippen LogP contribution < -0.4 is 10.2 Å². The average molecular weight is 320 g/mol. The van der Waals surface area contributed by atoms with E-state index in [0.29, 0.717) is 5.69 Å². The first-order valence-electron chi connectivity index (χ1n) is 7.50. The van der Waals surface area contributed by atoms with E-state index in [0.717, 1.165) is 21.6 Å². The maximum Gasteiger partial charge on any atom is 0.335 e. The van der Waals surface area contributed by atoms with Crippen LogP contribution in [0.5, 0.6) is 0 Å². The molecule has 1 aliphatic rings. The first-order chi connectivity index (χ1) is 11.5. The molecule has 1 fully saturated rings. The number of barbiturate groups is 1. The summed E-state index contributed by atoms with van der Waals surface area (Å²) in [6.45, 7) is 3.82. The lowest BCUT2D eigenvalue weighted by molar-refractivity contribution is -0.122. The summed E-state index contributed by atoms with van der Waals surface area (Å²) in [6.07, 6.45) is 1.49. The number of aryl methyl sites for hydroxylation is 2. The van der Waals surface area contributed by atoms with Crippen LogP contribution >= 0.6 is 0 Å². The Morgan fingerprint density at radius 2 is 1.62 bits per heavy atom. The fourth-order valence-corrected chi connectivity index (χ4v) is 2.49. The minimum absolute atomic E-state index is 0.0695. The Morgan fingerprint density at radius 1 is 0.917 bits per heavy atom. The molecule has 0 unspecified atom stereocenters. The Morgan fingerprint density at radius 3 is 2.29 bits per heavy atom. The van der Waals surface area contributed by atoms with Crippen molar-refractivity contribution < 1.29 is 14.4 Å². The maximum atomic E-state index is 12.7. The topological polar surface area (TPSA) is 66.5 Å². The fraction of sp³-hybridized carbons (Fsp3) is 0.105. The molecule has 2 aromatic carbocycles. The van der Waals surface area contributed by atoms with E-state index in [1.165, 1.54) is 6.08 Å². The Balaban J connectivity index is 2.01. The second-order valence-electron chi connectivity index (χ2n) is 5.71. The number of anilines is 1. The minimum Gasteiger partial charge on any atom is -0.273 e. The summed E-state index contributed by atoms with van der Waals surface area (Å²) < 4.78 is 0. The molecule has 5 heteroatoms. The van der Waals surface area contributed by atoms with Gasteiger partial charge in [0.2, 0.25) is 0 Å². The van der Waals surface area contributed by atoms with Gasteiger partial charge in [0, 0.05) is 0 Å². The average Bonchev–Trinajstić information content (AvgIpc) is 2.53. The molecular formula is C19H16N2O3. The second kappa shape index (κ2) is 6.12.